The molecule has 13 aromatic rings. The van der Waals surface area contributed by atoms with E-state index in [9.17, 15) is 0 Å². The minimum atomic E-state index is -0.181. The van der Waals surface area contributed by atoms with Crippen molar-refractivity contribution in [3.63, 3.8) is 0 Å². The third-order valence-electron chi connectivity index (χ3n) is 17.4. The van der Waals surface area contributed by atoms with Crippen LogP contribution in [0.2, 0.25) is 0 Å². The van der Waals surface area contributed by atoms with Gasteiger partial charge >= 0.3 is 0 Å². The number of fused-ring (bicyclic) bond motifs is 8. The normalized spacial score (nSPS) is 12.7. The zero-order chi connectivity index (χ0) is 56.7. The highest BCUT2D eigenvalue weighted by Crippen LogP contribution is 2.49. The van der Waals surface area contributed by atoms with Crippen LogP contribution < -0.4 is 61.9 Å². The Morgan fingerprint density at radius 1 is 0.233 bits per heavy atom. The number of hydrogen-bond donors (Lipinski definition) is 0. The van der Waals surface area contributed by atoms with Gasteiger partial charge in [0, 0.05) is 75.1 Å². The molecule has 0 saturated carbocycles. The van der Waals surface area contributed by atoms with E-state index in [0.717, 1.165) is 135 Å². The van der Waals surface area contributed by atoms with Crippen LogP contribution in [0.3, 0.4) is 0 Å². The summed E-state index contributed by atoms with van der Waals surface area (Å²) < 4.78 is 15.1. The van der Waals surface area contributed by atoms with Crippen molar-refractivity contribution < 1.29 is 9.47 Å². The lowest BCUT2D eigenvalue weighted by molar-refractivity contribution is 0.466. The maximum atomic E-state index is 7.56. The summed E-state index contributed by atoms with van der Waals surface area (Å²) >= 11 is 0. The van der Waals surface area contributed by atoms with Crippen molar-refractivity contribution in [3.05, 3.63) is 315 Å². The van der Waals surface area contributed by atoms with Crippen LogP contribution in [0.1, 0.15) is 0 Å². The van der Waals surface area contributed by atoms with E-state index in [1.807, 2.05) is 0 Å². The lowest BCUT2D eigenvalue weighted by Crippen LogP contribution is -2.63. The highest BCUT2D eigenvalue weighted by molar-refractivity contribution is 7.02. The van der Waals surface area contributed by atoms with E-state index < -0.39 is 0 Å². The summed E-state index contributed by atoms with van der Waals surface area (Å²) in [6, 6.07) is 114. The lowest BCUT2D eigenvalue weighted by atomic mass is 9.31. The summed E-state index contributed by atoms with van der Waals surface area (Å²) in [7, 11) is 0. The van der Waals surface area contributed by atoms with E-state index in [2.05, 4.69) is 335 Å². The average molecular weight is 1100 g/mol. The molecule has 0 spiro atoms. The summed E-state index contributed by atoms with van der Waals surface area (Å²) in [4.78, 5) is 9.58. The van der Waals surface area contributed by atoms with E-state index in [-0.39, 0.29) is 13.4 Å². The first-order valence-electron chi connectivity index (χ1n) is 29.5. The highest BCUT2D eigenvalue weighted by atomic mass is 16.5. The first-order chi connectivity index (χ1) is 42.7. The van der Waals surface area contributed by atoms with Gasteiger partial charge in [0.15, 0.2) is 0 Å². The van der Waals surface area contributed by atoms with Crippen LogP contribution in [0.25, 0.3) is 22.3 Å². The topological polar surface area (TPSA) is 31.4 Å². The summed E-state index contributed by atoms with van der Waals surface area (Å²) in [6.07, 6.45) is 0. The van der Waals surface area contributed by atoms with Crippen LogP contribution in [0, 0.1) is 0 Å². The highest BCUT2D eigenvalue weighted by Gasteiger charge is 2.47. The summed E-state index contributed by atoms with van der Waals surface area (Å²) in [5.74, 6) is 3.12. The Labute approximate surface area is 501 Å². The molecule has 86 heavy (non-hydrogen) atoms. The predicted octanol–water partition coefficient (Wildman–Crippen LogP) is 16.8. The largest absolute Gasteiger partial charge is 0.458 e. The van der Waals surface area contributed by atoms with E-state index in [1.165, 1.54) is 10.9 Å². The van der Waals surface area contributed by atoms with Crippen molar-refractivity contribution in [2.45, 2.75) is 0 Å². The molecule has 0 radical (unpaired) electrons. The number of hydrogen-bond acceptors (Lipinski definition) is 6. The van der Waals surface area contributed by atoms with Gasteiger partial charge in [0.2, 0.25) is 0 Å². The maximum Gasteiger partial charge on any atom is 0.256 e. The van der Waals surface area contributed by atoms with Crippen LogP contribution in [0.4, 0.5) is 68.2 Å². The summed E-state index contributed by atoms with van der Waals surface area (Å²) in [5.41, 5.74) is 24.0. The van der Waals surface area contributed by atoms with Gasteiger partial charge < -0.3 is 29.1 Å². The van der Waals surface area contributed by atoms with Crippen molar-refractivity contribution in [3.8, 4) is 45.3 Å². The number of rotatable bonds is 10. The second-order valence-corrected chi connectivity index (χ2v) is 22.4. The van der Waals surface area contributed by atoms with Crippen molar-refractivity contribution >= 4 is 114 Å². The summed E-state index contributed by atoms with van der Waals surface area (Å²) in [5, 5.41) is 0. The van der Waals surface area contributed by atoms with Gasteiger partial charge in [0.1, 0.15) is 23.0 Å². The van der Waals surface area contributed by atoms with Gasteiger partial charge in [-0.1, -0.05) is 200 Å². The number of nitrogens with zero attached hydrogens (tertiary/aromatic N) is 4. The third kappa shape index (κ3) is 8.13. The molecule has 17 rings (SSSR count). The van der Waals surface area contributed by atoms with Crippen LogP contribution in [0.5, 0.6) is 23.0 Å². The van der Waals surface area contributed by atoms with Gasteiger partial charge in [-0.05, 0) is 152 Å². The number of ether oxygens (including phenoxy) is 2. The Morgan fingerprint density at radius 2 is 0.581 bits per heavy atom. The fourth-order valence-corrected chi connectivity index (χ4v) is 13.8. The van der Waals surface area contributed by atoms with Gasteiger partial charge in [-0.25, -0.2) is 0 Å². The zero-order valence-electron chi connectivity index (χ0n) is 46.8. The van der Waals surface area contributed by atoms with Crippen molar-refractivity contribution in [1.82, 2.24) is 0 Å². The van der Waals surface area contributed by atoms with E-state index in [4.69, 9.17) is 9.47 Å². The second-order valence-electron chi connectivity index (χ2n) is 22.4. The Bertz CT molecular complexity index is 4450. The molecule has 4 heterocycles. The number of para-hydroxylation sites is 6. The first kappa shape index (κ1) is 49.4. The quantitative estimate of drug-likeness (QED) is 0.127. The van der Waals surface area contributed by atoms with Gasteiger partial charge in [-0.15, -0.1) is 0 Å². The fourth-order valence-electron chi connectivity index (χ4n) is 13.8. The van der Waals surface area contributed by atoms with Crippen molar-refractivity contribution in [1.29, 1.82) is 0 Å². The minimum absolute atomic E-state index is 0.181. The molecule has 402 valence electrons. The molecule has 0 saturated heterocycles. The molecule has 4 aliphatic rings. The average Bonchev–Trinajstić information content (AvgIpc) is 0.747. The van der Waals surface area contributed by atoms with Gasteiger partial charge in [-0.2, -0.15) is 0 Å². The van der Waals surface area contributed by atoms with Crippen LogP contribution >= 0.6 is 0 Å². The molecule has 4 aliphatic heterocycles. The fraction of sp³-hybridized carbons (Fsp3) is 0. The number of benzene rings is 13. The van der Waals surface area contributed by atoms with Gasteiger partial charge in [0.05, 0.1) is 11.4 Å². The molecule has 0 atom stereocenters. The molecular weight excluding hydrogens is 1050 g/mol. The number of anilines is 12. The molecule has 0 aliphatic carbocycles. The lowest BCUT2D eigenvalue weighted by Gasteiger charge is -2.43. The molecule has 0 N–H and O–H groups in total. The molecule has 0 aromatic heterocycles. The van der Waals surface area contributed by atoms with E-state index in [0.29, 0.717) is 0 Å². The molecule has 8 heteroatoms. The Morgan fingerprint density at radius 3 is 1.00 bits per heavy atom. The SMILES string of the molecule is c1ccc(-c2cccc(N(c3ccccc3)c3cc4c5c(c3)N(c3ccccc3)c3ccccc3B5c3cc5c(cc3O4)Oc3cc(N(c4ccccc4)c4cccc(-c6ccccc6)c4)cc4c3B5c3ccccc3N4c3ccccc3)c2)cc1. The standard InChI is InChI=1S/C78H52B2N4O2/c1-7-25-53(26-8-1)55-29-23-39-61(45-55)81(57-31-11-3-12-32-57)63-47-71-77-75(49-63)85-73-52-74-68(51-67(73)79(77)65-41-19-21-43-69(65)83(71)59-35-15-5-16-36-59)80-66-42-20-22-44-70(66)84(60-37-17-6-18-38-60)72-48-64(50-76(86-74)78(72)80)82(58-33-13-4-14-34-58)62-40-24-30-56(46-62)54-27-9-2-10-28-54/h1-52H. The Hall–Kier alpha value is -11.2. The Balaban J connectivity index is 0.880. The maximum absolute atomic E-state index is 7.56. The zero-order valence-corrected chi connectivity index (χ0v) is 46.8. The van der Waals surface area contributed by atoms with E-state index in [1.54, 1.807) is 0 Å². The Kier molecular flexibility index (Phi) is 11.7. The van der Waals surface area contributed by atoms with Crippen molar-refractivity contribution in [2.75, 3.05) is 19.6 Å². The predicted molar refractivity (Wildman–Crippen MR) is 358 cm³/mol. The molecule has 0 amide bonds. The smallest absolute Gasteiger partial charge is 0.256 e. The summed E-state index contributed by atoms with van der Waals surface area (Å²) in [6.45, 7) is -0.361. The van der Waals surface area contributed by atoms with Crippen molar-refractivity contribution in [2.24, 2.45) is 0 Å². The van der Waals surface area contributed by atoms with Crippen LogP contribution in [0.15, 0.2) is 315 Å². The monoisotopic (exact) mass is 1100 g/mol. The minimum Gasteiger partial charge on any atom is -0.458 e. The van der Waals surface area contributed by atoms with Gasteiger partial charge in [0.25, 0.3) is 13.4 Å². The second kappa shape index (κ2) is 20.3. The molecule has 6 nitrogen and oxygen atoms in total. The van der Waals surface area contributed by atoms with Crippen LogP contribution in [-0.4, -0.2) is 13.4 Å². The molecule has 0 fully saturated rings. The van der Waals surface area contributed by atoms with Crippen LogP contribution in [-0.2, 0) is 0 Å². The van der Waals surface area contributed by atoms with Gasteiger partial charge in [-0.3, -0.25) is 0 Å². The molecule has 13 aromatic carbocycles. The first-order valence-corrected chi connectivity index (χ1v) is 29.5. The molecular formula is C78H52B2N4O2. The molecule has 0 unspecified atom stereocenters. The third-order valence-corrected chi connectivity index (χ3v) is 17.4. The molecule has 0 bridgehead atoms. The van der Waals surface area contributed by atoms with E-state index >= 15 is 0 Å².